The first kappa shape index (κ1) is 11.4. The van der Waals surface area contributed by atoms with Crippen molar-refractivity contribution in [2.75, 3.05) is 20.7 Å². The summed E-state index contributed by atoms with van der Waals surface area (Å²) in [6, 6.07) is 1.71. The smallest absolute Gasteiger partial charge is 0.136 e. The first-order valence-electron chi connectivity index (χ1n) is 4.21. The minimum Gasteiger partial charge on any atom is -0.495 e. The molecule has 0 aliphatic carbocycles. The van der Waals surface area contributed by atoms with Crippen molar-refractivity contribution in [2.24, 2.45) is 0 Å². The minimum absolute atomic E-state index is 0.470. The number of hydrogen-bond donors (Lipinski definition) is 2. The zero-order valence-corrected chi connectivity index (χ0v) is 9.71. The van der Waals surface area contributed by atoms with Crippen LogP contribution in [0, 0.1) is 0 Å². The van der Waals surface area contributed by atoms with Crippen molar-refractivity contribution in [3.8, 4) is 5.75 Å². The van der Waals surface area contributed by atoms with E-state index in [1.165, 1.54) is 0 Å². The third-order valence-electron chi connectivity index (χ3n) is 1.80. The van der Waals surface area contributed by atoms with Gasteiger partial charge in [0.05, 0.1) is 17.3 Å². The van der Waals surface area contributed by atoms with E-state index in [2.05, 4.69) is 26.2 Å². The summed E-state index contributed by atoms with van der Waals surface area (Å²) in [4.78, 5) is 4.09. The molecule has 1 aromatic heterocycles. The number of nitrogens with zero attached hydrogens (tertiary/aromatic N) is 1. The van der Waals surface area contributed by atoms with Gasteiger partial charge in [0.1, 0.15) is 11.9 Å². The van der Waals surface area contributed by atoms with E-state index >= 15 is 0 Å². The van der Waals surface area contributed by atoms with Gasteiger partial charge in [-0.1, -0.05) is 0 Å². The van der Waals surface area contributed by atoms with Crippen molar-refractivity contribution in [3.05, 3.63) is 22.4 Å². The predicted molar refractivity (Wildman–Crippen MR) is 57.4 cm³/mol. The van der Waals surface area contributed by atoms with Crippen LogP contribution in [0.4, 0.5) is 0 Å². The van der Waals surface area contributed by atoms with Crippen LogP contribution in [0.2, 0.25) is 0 Å². The van der Waals surface area contributed by atoms with Gasteiger partial charge in [-0.25, -0.2) is 0 Å². The summed E-state index contributed by atoms with van der Waals surface area (Å²) < 4.78 is 5.87. The second-order valence-electron chi connectivity index (χ2n) is 2.82. The van der Waals surface area contributed by atoms with Crippen molar-refractivity contribution in [2.45, 2.75) is 6.10 Å². The van der Waals surface area contributed by atoms with Crippen molar-refractivity contribution in [3.63, 3.8) is 0 Å². The normalized spacial score (nSPS) is 12.6. The van der Waals surface area contributed by atoms with Gasteiger partial charge >= 0.3 is 0 Å². The fraction of sp³-hybridized carbons (Fsp3) is 0.444. The number of nitrogens with one attached hydrogen (secondary N) is 1. The summed E-state index contributed by atoms with van der Waals surface area (Å²) in [6.45, 7) is 0.470. The molecule has 0 radical (unpaired) electrons. The lowest BCUT2D eigenvalue weighted by atomic mass is 10.2. The Morgan fingerprint density at radius 1 is 1.71 bits per heavy atom. The summed E-state index contributed by atoms with van der Waals surface area (Å²) in [6.07, 6.45) is 1.01. The standard InChI is InChI=1S/C9H13BrN2O2/c1-11-5-8(13)7-3-9(14-2)6(10)4-12-7/h3-4,8,11,13H,5H2,1-2H3. The van der Waals surface area contributed by atoms with Gasteiger partial charge in [0.25, 0.3) is 0 Å². The van der Waals surface area contributed by atoms with Gasteiger partial charge in [-0.2, -0.15) is 0 Å². The lowest BCUT2D eigenvalue weighted by Crippen LogP contribution is -2.17. The SMILES string of the molecule is CNCC(O)c1cc(OC)c(Br)cn1. The molecule has 0 aromatic carbocycles. The van der Waals surface area contributed by atoms with Crippen LogP contribution in [0.1, 0.15) is 11.8 Å². The van der Waals surface area contributed by atoms with E-state index in [0.717, 1.165) is 4.47 Å². The maximum atomic E-state index is 9.64. The quantitative estimate of drug-likeness (QED) is 0.852. The average Bonchev–Trinajstić information content (AvgIpc) is 2.19. The number of aliphatic hydroxyl groups excluding tert-OH is 1. The third-order valence-corrected chi connectivity index (χ3v) is 2.40. The van der Waals surface area contributed by atoms with Crippen LogP contribution < -0.4 is 10.1 Å². The van der Waals surface area contributed by atoms with Gasteiger partial charge in [0.2, 0.25) is 0 Å². The number of methoxy groups -OCH3 is 1. The zero-order chi connectivity index (χ0) is 10.6. The largest absolute Gasteiger partial charge is 0.495 e. The Balaban J connectivity index is 2.88. The summed E-state index contributed by atoms with van der Waals surface area (Å²) in [7, 11) is 3.35. The van der Waals surface area contributed by atoms with E-state index in [0.29, 0.717) is 18.0 Å². The molecule has 0 spiro atoms. The van der Waals surface area contributed by atoms with Gasteiger partial charge in [0, 0.05) is 18.8 Å². The molecule has 1 unspecified atom stereocenters. The number of hydrogen-bond acceptors (Lipinski definition) is 4. The summed E-state index contributed by atoms with van der Waals surface area (Å²) in [5.74, 6) is 0.671. The molecule has 1 heterocycles. The minimum atomic E-state index is -0.609. The number of likely N-dealkylation sites (N-methyl/N-ethyl adjacent to an activating group) is 1. The highest BCUT2D eigenvalue weighted by Gasteiger charge is 2.10. The van der Waals surface area contributed by atoms with Gasteiger partial charge in [0.15, 0.2) is 0 Å². The van der Waals surface area contributed by atoms with Crippen molar-refractivity contribution >= 4 is 15.9 Å². The van der Waals surface area contributed by atoms with Crippen LogP contribution >= 0.6 is 15.9 Å². The van der Waals surface area contributed by atoms with Crippen molar-refractivity contribution < 1.29 is 9.84 Å². The Morgan fingerprint density at radius 2 is 2.43 bits per heavy atom. The molecule has 1 aromatic rings. The first-order valence-corrected chi connectivity index (χ1v) is 5.00. The molecule has 0 aliphatic rings. The van der Waals surface area contributed by atoms with E-state index in [1.807, 2.05) is 0 Å². The van der Waals surface area contributed by atoms with Gasteiger partial charge in [-0.15, -0.1) is 0 Å². The number of ether oxygens (including phenoxy) is 1. The number of aromatic nitrogens is 1. The molecule has 2 N–H and O–H groups in total. The predicted octanol–water partition coefficient (Wildman–Crippen LogP) is 1.11. The molecule has 78 valence electrons. The summed E-state index contributed by atoms with van der Waals surface area (Å²) in [5, 5.41) is 12.5. The summed E-state index contributed by atoms with van der Waals surface area (Å²) in [5.41, 5.74) is 0.597. The van der Waals surface area contributed by atoms with E-state index in [1.54, 1.807) is 26.4 Å². The van der Waals surface area contributed by atoms with Gasteiger partial charge in [-0.05, 0) is 23.0 Å². The Hall–Kier alpha value is -0.650. The molecule has 1 rings (SSSR count). The number of aliphatic hydroxyl groups is 1. The van der Waals surface area contributed by atoms with E-state index < -0.39 is 6.10 Å². The highest BCUT2D eigenvalue weighted by Crippen LogP contribution is 2.25. The first-order chi connectivity index (χ1) is 6.69. The van der Waals surface area contributed by atoms with Crippen LogP contribution in [0.5, 0.6) is 5.75 Å². The number of halogens is 1. The molecule has 4 nitrogen and oxygen atoms in total. The van der Waals surface area contributed by atoms with E-state index in [4.69, 9.17) is 4.74 Å². The lowest BCUT2D eigenvalue weighted by molar-refractivity contribution is 0.172. The van der Waals surface area contributed by atoms with Crippen LogP contribution in [-0.2, 0) is 0 Å². The number of rotatable bonds is 4. The molecule has 0 bridgehead atoms. The Labute approximate surface area is 91.4 Å². The van der Waals surface area contributed by atoms with Crippen molar-refractivity contribution in [1.82, 2.24) is 10.3 Å². The maximum Gasteiger partial charge on any atom is 0.136 e. The van der Waals surface area contributed by atoms with E-state index in [-0.39, 0.29) is 0 Å². The molecule has 14 heavy (non-hydrogen) atoms. The monoisotopic (exact) mass is 260 g/mol. The lowest BCUT2D eigenvalue weighted by Gasteiger charge is -2.11. The Morgan fingerprint density at radius 3 is 3.00 bits per heavy atom. The second kappa shape index (κ2) is 5.29. The summed E-state index contributed by atoms with van der Waals surface area (Å²) >= 11 is 3.29. The Bertz CT molecular complexity index is 307. The average molecular weight is 261 g/mol. The fourth-order valence-electron chi connectivity index (χ4n) is 1.07. The molecule has 0 amide bonds. The topological polar surface area (TPSA) is 54.4 Å². The van der Waals surface area contributed by atoms with Gasteiger partial charge < -0.3 is 15.2 Å². The van der Waals surface area contributed by atoms with Crippen LogP contribution in [0.25, 0.3) is 0 Å². The molecule has 1 atom stereocenters. The fourth-order valence-corrected chi connectivity index (χ4v) is 1.45. The number of pyridine rings is 1. The zero-order valence-electron chi connectivity index (χ0n) is 8.12. The highest BCUT2D eigenvalue weighted by atomic mass is 79.9. The molecule has 0 aliphatic heterocycles. The van der Waals surface area contributed by atoms with Crippen molar-refractivity contribution in [1.29, 1.82) is 0 Å². The molecular formula is C9H13BrN2O2. The second-order valence-corrected chi connectivity index (χ2v) is 3.67. The van der Waals surface area contributed by atoms with Gasteiger partial charge in [-0.3, -0.25) is 4.98 Å². The molecule has 5 heteroatoms. The highest BCUT2D eigenvalue weighted by molar-refractivity contribution is 9.10. The third kappa shape index (κ3) is 2.67. The van der Waals surface area contributed by atoms with Crippen LogP contribution in [0.3, 0.4) is 0 Å². The maximum absolute atomic E-state index is 9.64. The Kier molecular flexibility index (Phi) is 4.31. The molecule has 0 saturated carbocycles. The molecule has 0 saturated heterocycles. The van der Waals surface area contributed by atoms with Crippen LogP contribution in [0.15, 0.2) is 16.7 Å². The molecule has 0 fully saturated rings. The molecular weight excluding hydrogens is 248 g/mol. The van der Waals surface area contributed by atoms with E-state index in [9.17, 15) is 5.11 Å². The van der Waals surface area contributed by atoms with Crippen LogP contribution in [-0.4, -0.2) is 30.8 Å².